The SMILES string of the molecule is C=CC(=O)NC(C)(C)CS(=O)(=O)[O-].C=CCOCCC(O)S(=O)(=O)[O-].[Na+].[Na+]. The van der Waals surface area contributed by atoms with Gasteiger partial charge in [-0.2, -0.15) is 0 Å². The third-order valence-corrected chi connectivity index (χ3v) is 4.24. The maximum absolute atomic E-state index is 10.8. The van der Waals surface area contributed by atoms with E-state index in [0.717, 1.165) is 6.08 Å². The first kappa shape index (κ1) is 35.1. The van der Waals surface area contributed by atoms with Crippen LogP contribution in [0, 0.1) is 0 Å². The fourth-order valence-electron chi connectivity index (χ4n) is 1.36. The Labute approximate surface area is 204 Å². The molecule has 0 aliphatic rings. The van der Waals surface area contributed by atoms with Crippen LogP contribution >= 0.6 is 0 Å². The average Bonchev–Trinajstić information content (AvgIpc) is 2.39. The van der Waals surface area contributed by atoms with Crippen LogP contribution in [0.1, 0.15) is 20.3 Å². The van der Waals surface area contributed by atoms with Crippen LogP contribution in [-0.2, 0) is 29.8 Å². The maximum Gasteiger partial charge on any atom is 1.00 e. The van der Waals surface area contributed by atoms with Crippen molar-refractivity contribution in [2.45, 2.75) is 31.2 Å². The molecule has 0 heterocycles. The quantitative estimate of drug-likeness (QED) is 0.108. The maximum atomic E-state index is 10.8. The molecule has 0 radical (unpaired) electrons. The van der Waals surface area contributed by atoms with Crippen molar-refractivity contribution in [1.29, 1.82) is 0 Å². The fourth-order valence-corrected chi connectivity index (χ4v) is 2.70. The van der Waals surface area contributed by atoms with Gasteiger partial charge >= 0.3 is 59.1 Å². The molecule has 14 heteroatoms. The smallest absolute Gasteiger partial charge is 0.748 e. The third-order valence-electron chi connectivity index (χ3n) is 2.26. The predicted molar refractivity (Wildman–Crippen MR) is 88.3 cm³/mol. The molecule has 0 aliphatic heterocycles. The van der Waals surface area contributed by atoms with Gasteiger partial charge in [0.05, 0.1) is 29.1 Å². The molecule has 0 bridgehead atoms. The third kappa shape index (κ3) is 24.7. The van der Waals surface area contributed by atoms with E-state index in [0.29, 0.717) is 0 Å². The van der Waals surface area contributed by atoms with Crippen molar-refractivity contribution in [3.63, 3.8) is 0 Å². The van der Waals surface area contributed by atoms with Crippen molar-refractivity contribution in [3.8, 4) is 0 Å². The summed E-state index contributed by atoms with van der Waals surface area (Å²) in [5.41, 5.74) is -2.94. The van der Waals surface area contributed by atoms with Crippen molar-refractivity contribution in [2.75, 3.05) is 19.0 Å². The van der Waals surface area contributed by atoms with Crippen LogP contribution < -0.4 is 64.4 Å². The van der Waals surface area contributed by atoms with Gasteiger partial charge in [0.25, 0.3) is 0 Å². The average molecular weight is 447 g/mol. The summed E-state index contributed by atoms with van der Waals surface area (Å²) in [6.07, 6.45) is 2.29. The fraction of sp³-hybridized carbons (Fsp3) is 0.615. The minimum absolute atomic E-state index is 0. The van der Waals surface area contributed by atoms with Gasteiger partial charge in [0, 0.05) is 12.0 Å². The normalized spacial score (nSPS) is 12.2. The number of aliphatic hydroxyl groups excluding tert-OH is 1. The minimum Gasteiger partial charge on any atom is -0.748 e. The zero-order valence-electron chi connectivity index (χ0n) is 16.0. The Balaban J connectivity index is -0.000000183. The molecule has 0 rings (SSSR count). The number of rotatable bonds is 10. The molecule has 0 aliphatic carbocycles. The summed E-state index contributed by atoms with van der Waals surface area (Å²) < 4.78 is 66.3. The molecule has 2 N–H and O–H groups in total. The van der Waals surface area contributed by atoms with Gasteiger partial charge in [0.15, 0.2) is 0 Å². The molecule has 1 unspecified atom stereocenters. The molecular weight excluding hydrogens is 424 g/mol. The molecule has 0 spiro atoms. The number of ether oxygens (including phenoxy) is 1. The Bertz CT molecular complexity index is 649. The molecule has 10 nitrogen and oxygen atoms in total. The first-order valence-electron chi connectivity index (χ1n) is 6.84. The van der Waals surface area contributed by atoms with Gasteiger partial charge in [-0.15, -0.1) is 6.58 Å². The molecule has 0 aromatic heterocycles. The van der Waals surface area contributed by atoms with Crippen LogP contribution in [0.2, 0.25) is 0 Å². The largest absolute Gasteiger partial charge is 1.00 e. The van der Waals surface area contributed by atoms with E-state index in [2.05, 4.69) is 18.5 Å². The Morgan fingerprint density at radius 1 is 1.22 bits per heavy atom. The van der Waals surface area contributed by atoms with E-state index in [9.17, 15) is 30.7 Å². The van der Waals surface area contributed by atoms with E-state index in [-0.39, 0.29) is 78.7 Å². The molecule has 0 fully saturated rings. The van der Waals surface area contributed by atoms with E-state index in [1.54, 1.807) is 0 Å². The van der Waals surface area contributed by atoms with Crippen LogP contribution in [0.4, 0.5) is 0 Å². The molecule has 0 saturated carbocycles. The standard InChI is InChI=1S/C7H13NO4S.C6H12O5S.2Na/c1-4-6(9)8-7(2,3)5-13(10,11)12;1-2-4-11-5-3-6(7)12(8,9)10;;/h4H,1,5H2,2-3H3,(H,8,9)(H,10,11,12);2,6-7H,1,3-5H2,(H,8,9,10);;/q;;2*+1/p-2. The van der Waals surface area contributed by atoms with Crippen molar-refractivity contribution >= 4 is 26.1 Å². The van der Waals surface area contributed by atoms with Crippen molar-refractivity contribution < 1.29 is 99.7 Å². The van der Waals surface area contributed by atoms with Gasteiger partial charge in [-0.1, -0.05) is 12.7 Å². The Morgan fingerprint density at radius 3 is 2.04 bits per heavy atom. The van der Waals surface area contributed by atoms with Gasteiger partial charge in [0.2, 0.25) is 5.91 Å². The van der Waals surface area contributed by atoms with Crippen molar-refractivity contribution in [1.82, 2.24) is 5.32 Å². The number of amides is 1. The van der Waals surface area contributed by atoms with Crippen molar-refractivity contribution in [2.24, 2.45) is 0 Å². The topological polar surface area (TPSA) is 173 Å². The molecule has 1 atom stereocenters. The first-order chi connectivity index (χ1) is 11.1. The van der Waals surface area contributed by atoms with E-state index >= 15 is 0 Å². The summed E-state index contributed by atoms with van der Waals surface area (Å²) >= 11 is 0. The number of hydrogen-bond acceptors (Lipinski definition) is 9. The van der Waals surface area contributed by atoms with Gasteiger partial charge in [-0.05, 0) is 19.9 Å². The Hall–Kier alpha value is 0.690. The zero-order chi connectivity index (χ0) is 20.3. The number of carbonyl (C=O) groups is 1. The predicted octanol–water partition coefficient (Wildman–Crippen LogP) is -6.94. The van der Waals surface area contributed by atoms with Gasteiger partial charge in [0.1, 0.15) is 15.6 Å². The molecule has 0 saturated heterocycles. The Morgan fingerprint density at radius 2 is 1.70 bits per heavy atom. The molecule has 148 valence electrons. The van der Waals surface area contributed by atoms with E-state index < -0.39 is 42.9 Å². The molecule has 0 aromatic carbocycles. The number of carbonyl (C=O) groups excluding carboxylic acids is 1. The van der Waals surface area contributed by atoms with E-state index in [1.165, 1.54) is 19.9 Å². The first-order valence-corrected chi connectivity index (χ1v) is 9.89. The summed E-state index contributed by atoms with van der Waals surface area (Å²) in [7, 11) is -8.92. The molecule has 1 amide bonds. The van der Waals surface area contributed by atoms with Crippen LogP contribution in [0.5, 0.6) is 0 Å². The van der Waals surface area contributed by atoms with Gasteiger partial charge in [-0.25, -0.2) is 16.8 Å². The van der Waals surface area contributed by atoms with Gasteiger partial charge in [-0.3, -0.25) is 4.79 Å². The summed E-state index contributed by atoms with van der Waals surface area (Å²) in [6, 6.07) is 0. The minimum atomic E-state index is -4.59. The van der Waals surface area contributed by atoms with Gasteiger partial charge < -0.3 is 24.3 Å². The summed E-state index contributed by atoms with van der Waals surface area (Å²) in [6.45, 7) is 9.75. The monoisotopic (exact) mass is 447 g/mol. The van der Waals surface area contributed by atoms with Crippen LogP contribution in [0.25, 0.3) is 0 Å². The van der Waals surface area contributed by atoms with Crippen LogP contribution in [0.15, 0.2) is 25.3 Å². The summed E-state index contributed by atoms with van der Waals surface area (Å²) in [4.78, 5) is 10.8. The van der Waals surface area contributed by atoms with Crippen LogP contribution in [0.3, 0.4) is 0 Å². The van der Waals surface area contributed by atoms with E-state index in [4.69, 9.17) is 9.84 Å². The number of aliphatic hydroxyl groups is 1. The molecule has 27 heavy (non-hydrogen) atoms. The summed E-state index contributed by atoms with van der Waals surface area (Å²) in [5, 5.41) is 11.0. The molecular formula is C13H23NNa2O9S2. The number of hydrogen-bond donors (Lipinski definition) is 2. The summed E-state index contributed by atoms with van der Waals surface area (Å²) in [5.74, 6) is -1.15. The second kappa shape index (κ2) is 16.5. The zero-order valence-corrected chi connectivity index (χ0v) is 21.6. The second-order valence-electron chi connectivity index (χ2n) is 5.38. The Kier molecular flexibility index (Phi) is 21.5. The van der Waals surface area contributed by atoms with Crippen LogP contribution in [-0.4, -0.2) is 66.9 Å². The van der Waals surface area contributed by atoms with Crippen molar-refractivity contribution in [3.05, 3.63) is 25.3 Å². The number of nitrogens with one attached hydrogen (secondary N) is 1. The van der Waals surface area contributed by atoms with E-state index in [1.807, 2.05) is 0 Å². The second-order valence-corrected chi connectivity index (χ2v) is 8.31. The molecule has 0 aromatic rings.